The second-order valence-electron chi connectivity index (χ2n) is 33.5. The first-order valence-corrected chi connectivity index (χ1v) is 43.6. The number of benzene rings is 4. The molecule has 0 saturated carbocycles. The van der Waals surface area contributed by atoms with E-state index in [0.29, 0.717) is 27.6 Å². The molecule has 43 heteroatoms. The Balaban J connectivity index is 1.17. The van der Waals surface area contributed by atoms with Gasteiger partial charge in [-0.1, -0.05) is 68.4 Å². The number of aliphatic carboxylic acids is 1. The molecule has 712 valence electrons. The minimum atomic E-state index is -2.35. The molecule has 0 spiro atoms. The first-order valence-electron chi connectivity index (χ1n) is 43.6. The Morgan fingerprint density at radius 1 is 0.576 bits per heavy atom. The van der Waals surface area contributed by atoms with E-state index >= 15 is 47.9 Å². The summed E-state index contributed by atoms with van der Waals surface area (Å²) in [5, 5.41) is 85.2. The molecule has 16 amide bonds. The Kier molecular flexibility index (Phi) is 37.2. The van der Waals surface area contributed by atoms with Crippen LogP contribution in [0.2, 0.25) is 0 Å². The zero-order valence-corrected chi connectivity index (χ0v) is 73.6. The van der Waals surface area contributed by atoms with E-state index in [1.54, 1.807) is 38.1 Å². The van der Waals surface area contributed by atoms with Crippen molar-refractivity contribution in [3.05, 3.63) is 126 Å². The Labute approximate surface area is 758 Å². The van der Waals surface area contributed by atoms with E-state index in [9.17, 15) is 68.7 Å². The number of rotatable bonds is 26. The van der Waals surface area contributed by atoms with Gasteiger partial charge < -0.3 is 125 Å². The molecule has 4 saturated heterocycles. The highest BCUT2D eigenvalue weighted by Gasteiger charge is 2.45. The number of carboxylic acids is 1. The molecule has 132 heavy (non-hydrogen) atoms. The summed E-state index contributed by atoms with van der Waals surface area (Å²) in [6.45, 7) is 3.83. The van der Waals surface area contributed by atoms with Crippen molar-refractivity contribution in [3.63, 3.8) is 0 Å². The second kappa shape index (κ2) is 48.4. The number of aliphatic hydroxyl groups is 1. The van der Waals surface area contributed by atoms with Crippen LogP contribution in [-0.4, -0.2) is 277 Å². The number of methoxy groups -OCH3 is 1. The number of H-pyrrole nitrogens is 1. The Morgan fingerprint density at radius 3 is 1.79 bits per heavy atom. The smallest absolute Gasteiger partial charge is 0.326 e. The van der Waals surface area contributed by atoms with Gasteiger partial charge in [-0.25, -0.2) is 4.79 Å². The summed E-state index contributed by atoms with van der Waals surface area (Å²) < 4.78 is 10.8. The summed E-state index contributed by atoms with van der Waals surface area (Å²) in [5.74, 6) is -22.4. The molecule has 4 aliphatic heterocycles. The first kappa shape index (κ1) is 101. The Bertz CT molecular complexity index is 5030. The van der Waals surface area contributed by atoms with E-state index in [1.807, 2.05) is 0 Å². The molecule has 0 aliphatic carbocycles. The number of amides is 16. The van der Waals surface area contributed by atoms with E-state index in [4.69, 9.17) is 15.2 Å². The van der Waals surface area contributed by atoms with Crippen molar-refractivity contribution >= 4 is 123 Å². The van der Waals surface area contributed by atoms with Gasteiger partial charge in [0.2, 0.25) is 94.5 Å². The maximum absolute atomic E-state index is 15.7. The average Bonchev–Trinajstić information content (AvgIpc) is 1.61. The fraction of sp³-hybridized carbons (Fsp3) is 0.494. The lowest BCUT2D eigenvalue weighted by atomic mass is 10.00. The Morgan fingerprint density at radius 2 is 1.15 bits per heavy atom. The van der Waals surface area contributed by atoms with Gasteiger partial charge in [0.15, 0.2) is 0 Å². The standard InChI is InChI=1S/C89H115N17O26/c1-46(2)38-62-80(120)94-58-14-8-9-35-91-72(113)33-30-60(78(118)102-67(89(129)130)41-51-21-27-55(111)28-22-51)95-77(117)61(31-34-73(114)131-5)96-81(121)63(42-52-44-92-57-13-7-6-12-56(52)57)98-82(122)64(99-83(123)68(45-107)103-85(125)70-16-11-37-106(70)88(128)66(101-76(58)116)40-50-19-25-54(110)26-20-50)43-74(115)132-47(3)75(86(126)100-62)104-79(119)59(29-32-71(90)112)97-84(124)69-15-10-36-105(69)87(127)65(93-48(4)108)39-49-17-23-53(109)24-18-49/h6-7,12-13,17-28,44,46-47,58-70,75,92,107,109-111H,8-11,14-16,29-43,45H2,1-5H3,(H2,90,112)(H,91,113)(H,93,108)(H,94,120)(H,95,117)(H,96,121)(H,97,124)(H,98,122)(H,99,123)(H,100,126)(H,101,116)(H,102,118)(H,103,125)(H,104,119)(H,129,130)/t47-,58+,59+,60+,61+,62+,63+,64+,65+,66+,67+,68+,69+,70+,75+/m1/s1. The lowest BCUT2D eigenvalue weighted by Crippen LogP contribution is -2.62. The van der Waals surface area contributed by atoms with E-state index in [2.05, 4.69) is 74.1 Å². The molecular weight excluding hydrogens is 1720 g/mol. The highest BCUT2D eigenvalue weighted by Crippen LogP contribution is 2.27. The molecule has 2 bridgehead atoms. The van der Waals surface area contributed by atoms with Crippen molar-refractivity contribution in [1.29, 1.82) is 0 Å². The van der Waals surface area contributed by atoms with Gasteiger partial charge in [-0.05, 0) is 148 Å². The van der Waals surface area contributed by atoms with Crippen LogP contribution in [0.25, 0.3) is 10.9 Å². The van der Waals surface area contributed by atoms with Crippen molar-refractivity contribution < 1.29 is 126 Å². The topological polar surface area (TPSA) is 649 Å². The summed E-state index contributed by atoms with van der Waals surface area (Å²) in [6.07, 6.45) is -7.54. The summed E-state index contributed by atoms with van der Waals surface area (Å²) in [6, 6.07) is -2.09. The number of likely N-dealkylation sites (tertiary alicyclic amines) is 1. The van der Waals surface area contributed by atoms with E-state index < -0.39 is 267 Å². The number of ether oxygens (including phenoxy) is 2. The largest absolute Gasteiger partial charge is 0.508 e. The number of nitrogens with one attached hydrogen (secondary N) is 14. The van der Waals surface area contributed by atoms with Gasteiger partial charge >= 0.3 is 17.9 Å². The molecule has 4 aliphatic rings. The summed E-state index contributed by atoms with van der Waals surface area (Å²) in [4.78, 5) is 283. The molecule has 21 N–H and O–H groups in total. The molecule has 0 unspecified atom stereocenters. The zero-order chi connectivity index (χ0) is 96.2. The summed E-state index contributed by atoms with van der Waals surface area (Å²) in [7, 11) is 1.02. The van der Waals surface area contributed by atoms with Crippen LogP contribution in [0.5, 0.6) is 17.2 Å². The predicted octanol–water partition coefficient (Wildman–Crippen LogP) is -2.87. The lowest BCUT2D eigenvalue weighted by Gasteiger charge is -2.31. The number of fused-ring (bicyclic) bond motifs is 13. The van der Waals surface area contributed by atoms with Crippen molar-refractivity contribution in [2.45, 2.75) is 240 Å². The number of hydrogen-bond acceptors (Lipinski definition) is 25. The quantitative estimate of drug-likeness (QED) is 0.0248. The predicted molar refractivity (Wildman–Crippen MR) is 466 cm³/mol. The number of carbonyl (C=O) groups is 19. The number of aliphatic hydroxyl groups excluding tert-OH is 1. The third-order valence-electron chi connectivity index (χ3n) is 22.9. The van der Waals surface area contributed by atoms with Gasteiger partial charge in [0.25, 0.3) is 0 Å². The number of para-hydroxylation sites is 1. The van der Waals surface area contributed by atoms with Gasteiger partial charge in [0.1, 0.15) is 108 Å². The number of phenolic OH excluding ortho intramolecular Hbond substituents is 3. The van der Waals surface area contributed by atoms with Gasteiger partial charge in [-0.15, -0.1) is 0 Å². The summed E-state index contributed by atoms with van der Waals surface area (Å²) >= 11 is 0. The highest BCUT2D eigenvalue weighted by molar-refractivity contribution is 6.02. The van der Waals surface area contributed by atoms with Gasteiger partial charge in [-0.2, -0.15) is 0 Å². The number of aromatic amines is 1. The SMILES string of the molecule is COC(=O)CC[C@@H]1NC(=O)[C@H](Cc2c[nH]c3ccccc23)NC(=O)[C@@H]2CC(=O)O[C@H](C)[C@H](NC(=O)[C@H](CCC(N)=O)NC(=O)[C@@H]3CCCN3C(=O)[C@H](Cc3ccc(O)cc3)NC(C)=O)C(=O)N[C@@H](CC(C)C)C(=O)N[C@@H](CCCCNC(=O)CC[C@@H](C(=O)N[C@@H](Cc3ccc(O)cc3)C(=O)O)NC1=O)C(=O)N[C@@H](Cc1ccc(O)cc1)C(=O)N1CCC[C@H]1C(=O)N[C@@H](CO)C(=O)N2. The van der Waals surface area contributed by atoms with Crippen molar-refractivity contribution in [2.75, 3.05) is 33.4 Å². The normalized spacial score (nSPS) is 23.5. The van der Waals surface area contributed by atoms with Gasteiger partial charge in [0.05, 0.1) is 20.1 Å². The molecular formula is C89H115N17O26. The van der Waals surface area contributed by atoms with Crippen molar-refractivity contribution in [1.82, 2.24) is 83.9 Å². The van der Waals surface area contributed by atoms with Crippen LogP contribution in [-0.2, 0) is 126 Å². The third kappa shape index (κ3) is 29.6. The number of hydrogen-bond donors (Lipinski definition) is 20. The van der Waals surface area contributed by atoms with Crippen molar-refractivity contribution in [2.24, 2.45) is 11.7 Å². The number of nitrogens with zero attached hydrogens (tertiary/aromatic N) is 2. The van der Waals surface area contributed by atoms with E-state index in [1.165, 1.54) is 90.8 Å². The molecule has 0 radical (unpaired) electrons. The third-order valence-corrected chi connectivity index (χ3v) is 22.9. The highest BCUT2D eigenvalue weighted by atomic mass is 16.5. The number of nitrogens with two attached hydrogens (primary N) is 1. The number of esters is 2. The molecule has 43 nitrogen and oxygen atoms in total. The molecule has 5 heterocycles. The molecule has 5 aromatic rings. The average molecular weight is 1840 g/mol. The number of phenols is 3. The monoisotopic (exact) mass is 1840 g/mol. The first-order chi connectivity index (χ1) is 62.8. The fourth-order valence-electron chi connectivity index (χ4n) is 15.9. The van der Waals surface area contributed by atoms with Crippen molar-refractivity contribution in [3.8, 4) is 17.2 Å². The number of carbonyl (C=O) groups excluding carboxylic acids is 18. The van der Waals surface area contributed by atoms with Gasteiger partial charge in [-0.3, -0.25) is 86.3 Å². The molecule has 15 atom stereocenters. The van der Waals surface area contributed by atoms with E-state index in [-0.39, 0.29) is 113 Å². The lowest BCUT2D eigenvalue weighted by molar-refractivity contribution is -0.154. The number of primary amides is 1. The Hall–Kier alpha value is -14.3. The fourth-order valence-corrected chi connectivity index (χ4v) is 15.9. The molecule has 1 aromatic heterocycles. The van der Waals surface area contributed by atoms with E-state index in [0.717, 1.165) is 18.9 Å². The second-order valence-corrected chi connectivity index (χ2v) is 33.5. The van der Waals surface area contributed by atoms with Crippen LogP contribution < -0.4 is 74.9 Å². The zero-order valence-electron chi connectivity index (χ0n) is 73.6. The molecule has 4 aromatic carbocycles. The van der Waals surface area contributed by atoms with Crippen LogP contribution in [0, 0.1) is 5.92 Å². The van der Waals surface area contributed by atoms with Crippen LogP contribution in [0.4, 0.5) is 0 Å². The molecule has 4 fully saturated rings. The minimum Gasteiger partial charge on any atom is -0.508 e. The number of aromatic hydroxyl groups is 3. The minimum absolute atomic E-state index is 0.0109. The maximum Gasteiger partial charge on any atom is 0.326 e. The van der Waals surface area contributed by atoms with Crippen LogP contribution in [0.15, 0.2) is 103 Å². The molecule has 9 rings (SSSR count). The van der Waals surface area contributed by atoms with Crippen LogP contribution in [0.3, 0.4) is 0 Å². The summed E-state index contributed by atoms with van der Waals surface area (Å²) in [5.41, 5.74) is 7.58. The maximum atomic E-state index is 15.7. The van der Waals surface area contributed by atoms with Gasteiger partial charge in [0, 0.05) is 88.6 Å². The van der Waals surface area contributed by atoms with Crippen LogP contribution >= 0.6 is 0 Å². The number of carboxylic acid groups (broad SMARTS) is 1. The van der Waals surface area contributed by atoms with Crippen LogP contribution in [0.1, 0.15) is 146 Å². The number of aromatic nitrogens is 1.